The fraction of sp³-hybridized carbons (Fsp3) is 0.294. The van der Waals surface area contributed by atoms with Crippen molar-refractivity contribution in [3.8, 4) is 0 Å². The van der Waals surface area contributed by atoms with Crippen molar-refractivity contribution in [1.29, 1.82) is 0 Å². The number of anilines is 1. The molecule has 0 aliphatic rings. The highest BCUT2D eigenvalue weighted by atomic mass is 35.5. The summed E-state index contributed by atoms with van der Waals surface area (Å²) in [5, 5.41) is 4.85. The zero-order valence-electron chi connectivity index (χ0n) is 13.2. The van der Waals surface area contributed by atoms with Gasteiger partial charge in [-0.25, -0.2) is 0 Å². The van der Waals surface area contributed by atoms with Gasteiger partial charge < -0.3 is 10.2 Å². The summed E-state index contributed by atoms with van der Waals surface area (Å²) >= 11 is 12.0. The molecule has 0 spiro atoms. The van der Waals surface area contributed by atoms with Gasteiger partial charge in [-0.15, -0.1) is 24.8 Å². The maximum absolute atomic E-state index is 6.16. The first kappa shape index (κ1) is 22.4. The van der Waals surface area contributed by atoms with Crippen LogP contribution in [-0.4, -0.2) is 20.6 Å². The van der Waals surface area contributed by atoms with E-state index in [2.05, 4.69) is 34.5 Å². The Balaban J connectivity index is 0.00000242. The Bertz CT molecular complexity index is 586. The normalized spacial score (nSPS) is 9.74. The van der Waals surface area contributed by atoms with Crippen LogP contribution >= 0.6 is 48.0 Å². The molecule has 0 aromatic heterocycles. The van der Waals surface area contributed by atoms with Crippen LogP contribution < -0.4 is 10.2 Å². The van der Waals surface area contributed by atoms with Gasteiger partial charge >= 0.3 is 0 Å². The van der Waals surface area contributed by atoms with Crippen molar-refractivity contribution in [2.75, 3.05) is 25.5 Å². The Kier molecular flexibility index (Phi) is 10.7. The third kappa shape index (κ3) is 7.19. The number of nitrogens with one attached hydrogen (secondary N) is 1. The Morgan fingerprint density at radius 3 is 2.17 bits per heavy atom. The molecule has 0 amide bonds. The van der Waals surface area contributed by atoms with Crippen LogP contribution in [0.4, 0.5) is 5.69 Å². The second-order valence-corrected chi connectivity index (χ2v) is 6.07. The molecular weight excluding hydrogens is 374 g/mol. The van der Waals surface area contributed by atoms with E-state index in [0.717, 1.165) is 30.1 Å². The van der Waals surface area contributed by atoms with Crippen LogP contribution in [0.1, 0.15) is 11.1 Å². The number of nitrogens with zero attached hydrogens (tertiary/aromatic N) is 1. The van der Waals surface area contributed by atoms with Crippen molar-refractivity contribution in [2.24, 2.45) is 0 Å². The SMILES string of the molecule is CN(C)c1ccc(CNCCc2ccc(Cl)cc2Cl)cc1.Cl.Cl. The summed E-state index contributed by atoms with van der Waals surface area (Å²) in [6.07, 6.45) is 0.895. The van der Waals surface area contributed by atoms with E-state index in [0.29, 0.717) is 5.02 Å². The Morgan fingerprint density at radius 2 is 1.61 bits per heavy atom. The average Bonchev–Trinajstić information content (AvgIpc) is 2.46. The van der Waals surface area contributed by atoms with Crippen LogP contribution in [0.3, 0.4) is 0 Å². The maximum atomic E-state index is 6.16. The third-order valence-corrected chi connectivity index (χ3v) is 3.96. The molecule has 2 rings (SSSR count). The van der Waals surface area contributed by atoms with Crippen molar-refractivity contribution >= 4 is 53.7 Å². The first-order valence-corrected chi connectivity index (χ1v) is 7.73. The summed E-state index contributed by atoms with van der Waals surface area (Å²) in [5.74, 6) is 0. The fourth-order valence-corrected chi connectivity index (χ4v) is 2.60. The minimum absolute atomic E-state index is 0. The van der Waals surface area contributed by atoms with Crippen molar-refractivity contribution in [3.63, 3.8) is 0 Å². The van der Waals surface area contributed by atoms with Crippen LogP contribution in [-0.2, 0) is 13.0 Å². The van der Waals surface area contributed by atoms with Crippen LogP contribution in [0, 0.1) is 0 Å². The Morgan fingerprint density at radius 1 is 0.957 bits per heavy atom. The van der Waals surface area contributed by atoms with Gasteiger partial charge in [0.05, 0.1) is 0 Å². The number of benzene rings is 2. The van der Waals surface area contributed by atoms with E-state index in [1.54, 1.807) is 6.07 Å². The first-order chi connectivity index (χ1) is 10.1. The molecule has 0 saturated carbocycles. The number of rotatable bonds is 6. The highest BCUT2D eigenvalue weighted by molar-refractivity contribution is 6.35. The van der Waals surface area contributed by atoms with Gasteiger partial charge in [-0.1, -0.05) is 41.4 Å². The van der Waals surface area contributed by atoms with E-state index in [1.807, 2.05) is 26.2 Å². The monoisotopic (exact) mass is 394 g/mol. The van der Waals surface area contributed by atoms with Gasteiger partial charge in [0.25, 0.3) is 0 Å². The van der Waals surface area contributed by atoms with Crippen LogP contribution in [0.15, 0.2) is 42.5 Å². The van der Waals surface area contributed by atoms with Crippen LogP contribution in [0.5, 0.6) is 0 Å². The fourth-order valence-electron chi connectivity index (χ4n) is 2.09. The lowest BCUT2D eigenvalue weighted by molar-refractivity contribution is 0.687. The summed E-state index contributed by atoms with van der Waals surface area (Å²) in [4.78, 5) is 2.10. The molecule has 6 heteroatoms. The van der Waals surface area contributed by atoms with Gasteiger partial charge in [0, 0.05) is 36.4 Å². The number of hydrogen-bond acceptors (Lipinski definition) is 2. The number of hydrogen-bond donors (Lipinski definition) is 1. The molecule has 0 aliphatic heterocycles. The predicted molar refractivity (Wildman–Crippen MR) is 107 cm³/mol. The van der Waals surface area contributed by atoms with E-state index in [-0.39, 0.29) is 24.8 Å². The van der Waals surface area contributed by atoms with E-state index in [9.17, 15) is 0 Å². The van der Waals surface area contributed by atoms with E-state index in [1.165, 1.54) is 11.3 Å². The van der Waals surface area contributed by atoms with E-state index in [4.69, 9.17) is 23.2 Å². The lowest BCUT2D eigenvalue weighted by Crippen LogP contribution is -2.17. The highest BCUT2D eigenvalue weighted by Gasteiger charge is 2.01. The lowest BCUT2D eigenvalue weighted by atomic mass is 10.1. The minimum Gasteiger partial charge on any atom is -0.378 e. The molecule has 0 radical (unpaired) electrons. The van der Waals surface area contributed by atoms with Crippen molar-refractivity contribution in [3.05, 3.63) is 63.6 Å². The number of halogens is 4. The molecule has 2 aromatic carbocycles. The Hall–Kier alpha value is -0.640. The third-order valence-electron chi connectivity index (χ3n) is 3.37. The molecule has 0 aliphatic carbocycles. The molecule has 0 atom stereocenters. The molecular formula is C17H22Cl4N2. The topological polar surface area (TPSA) is 15.3 Å². The zero-order chi connectivity index (χ0) is 15.2. The summed E-state index contributed by atoms with van der Waals surface area (Å²) < 4.78 is 0. The van der Waals surface area contributed by atoms with E-state index >= 15 is 0 Å². The van der Waals surface area contributed by atoms with Gasteiger partial charge in [-0.05, 0) is 48.4 Å². The van der Waals surface area contributed by atoms with Gasteiger partial charge in [-0.3, -0.25) is 0 Å². The largest absolute Gasteiger partial charge is 0.378 e. The quantitative estimate of drug-likeness (QED) is 0.673. The lowest BCUT2D eigenvalue weighted by Gasteiger charge is -2.13. The van der Waals surface area contributed by atoms with Crippen molar-refractivity contribution in [2.45, 2.75) is 13.0 Å². The standard InChI is InChI=1S/C17H20Cl2N2.2ClH/c1-21(2)16-7-3-13(4-8-16)12-20-10-9-14-5-6-15(18)11-17(14)19;;/h3-8,11,20H,9-10,12H2,1-2H3;2*1H. The molecule has 0 unspecified atom stereocenters. The summed E-state index contributed by atoms with van der Waals surface area (Å²) in [6.45, 7) is 1.75. The first-order valence-electron chi connectivity index (χ1n) is 6.97. The van der Waals surface area contributed by atoms with Crippen molar-refractivity contribution in [1.82, 2.24) is 5.32 Å². The molecule has 128 valence electrons. The van der Waals surface area contributed by atoms with Gasteiger partial charge in [-0.2, -0.15) is 0 Å². The van der Waals surface area contributed by atoms with Gasteiger partial charge in [0.15, 0.2) is 0 Å². The molecule has 0 saturated heterocycles. The minimum atomic E-state index is 0. The Labute approximate surface area is 161 Å². The molecule has 23 heavy (non-hydrogen) atoms. The van der Waals surface area contributed by atoms with Crippen LogP contribution in [0.25, 0.3) is 0 Å². The van der Waals surface area contributed by atoms with E-state index < -0.39 is 0 Å². The molecule has 0 fully saturated rings. The maximum Gasteiger partial charge on any atom is 0.0453 e. The van der Waals surface area contributed by atoms with Gasteiger partial charge in [0.1, 0.15) is 0 Å². The van der Waals surface area contributed by atoms with Crippen LogP contribution in [0.2, 0.25) is 10.0 Å². The smallest absolute Gasteiger partial charge is 0.0453 e. The summed E-state index contributed by atoms with van der Waals surface area (Å²) in [6, 6.07) is 14.2. The summed E-state index contributed by atoms with van der Waals surface area (Å²) in [5.41, 5.74) is 3.62. The molecule has 0 heterocycles. The molecule has 1 N–H and O–H groups in total. The summed E-state index contributed by atoms with van der Waals surface area (Å²) in [7, 11) is 4.09. The second kappa shape index (κ2) is 11.0. The highest BCUT2D eigenvalue weighted by Crippen LogP contribution is 2.21. The van der Waals surface area contributed by atoms with Crippen molar-refractivity contribution < 1.29 is 0 Å². The van der Waals surface area contributed by atoms with Gasteiger partial charge in [0.2, 0.25) is 0 Å². The zero-order valence-corrected chi connectivity index (χ0v) is 16.3. The molecule has 2 aromatic rings. The second-order valence-electron chi connectivity index (χ2n) is 5.22. The molecule has 2 nitrogen and oxygen atoms in total. The molecule has 0 bridgehead atoms. The predicted octanol–water partition coefficient (Wildman–Crippen LogP) is 5.24. The average molecular weight is 396 g/mol.